The van der Waals surface area contributed by atoms with Gasteiger partial charge in [-0.1, -0.05) is 63.6 Å². The first kappa shape index (κ1) is 16.7. The van der Waals surface area contributed by atoms with E-state index in [0.717, 1.165) is 44.6 Å². The fourth-order valence-corrected chi connectivity index (χ4v) is 4.28. The van der Waals surface area contributed by atoms with Gasteiger partial charge < -0.3 is 11.1 Å². The summed E-state index contributed by atoms with van der Waals surface area (Å²) in [6, 6.07) is 0. The van der Waals surface area contributed by atoms with E-state index in [1.165, 1.54) is 44.9 Å². The van der Waals surface area contributed by atoms with Crippen LogP contribution >= 0.6 is 12.2 Å². The minimum Gasteiger partial charge on any atom is -0.392 e. The minimum absolute atomic E-state index is 0.0864. The summed E-state index contributed by atoms with van der Waals surface area (Å²) in [4.78, 5) is 13.0. The zero-order valence-corrected chi connectivity index (χ0v) is 14.0. The Labute approximate surface area is 134 Å². The lowest BCUT2D eigenvalue weighted by Gasteiger charge is -2.30. The Kier molecular flexibility index (Phi) is 6.46. The molecular formula is C17H30N2OS. The highest BCUT2D eigenvalue weighted by molar-refractivity contribution is 7.80. The van der Waals surface area contributed by atoms with Gasteiger partial charge in [0, 0.05) is 6.54 Å². The molecule has 2 saturated carbocycles. The second-order valence-electron chi connectivity index (χ2n) is 6.91. The number of nitrogens with one attached hydrogen (secondary N) is 1. The lowest BCUT2D eigenvalue weighted by molar-refractivity contribution is -0.128. The number of carbonyl (C=O) groups is 1. The fraction of sp³-hybridized carbons (Fsp3) is 0.882. The molecule has 0 aromatic carbocycles. The van der Waals surface area contributed by atoms with Gasteiger partial charge in [-0.05, 0) is 31.6 Å². The van der Waals surface area contributed by atoms with Crippen molar-refractivity contribution in [3.05, 3.63) is 0 Å². The van der Waals surface area contributed by atoms with E-state index in [2.05, 4.69) is 5.32 Å². The number of hydrogen-bond donors (Lipinski definition) is 2. The van der Waals surface area contributed by atoms with E-state index in [1.807, 2.05) is 0 Å². The first-order chi connectivity index (χ1) is 10.1. The summed E-state index contributed by atoms with van der Waals surface area (Å²) in [5.74, 6) is 0.979. The van der Waals surface area contributed by atoms with Crippen molar-refractivity contribution < 1.29 is 4.79 Å². The molecule has 4 heteroatoms. The van der Waals surface area contributed by atoms with Crippen LogP contribution in [0.1, 0.15) is 77.0 Å². The van der Waals surface area contributed by atoms with Crippen LogP contribution in [0, 0.1) is 11.3 Å². The number of nitrogens with two attached hydrogens (primary N) is 1. The summed E-state index contributed by atoms with van der Waals surface area (Å²) < 4.78 is 0. The normalized spacial score (nSPS) is 22.7. The van der Waals surface area contributed by atoms with E-state index in [-0.39, 0.29) is 5.91 Å². The van der Waals surface area contributed by atoms with Crippen LogP contribution in [-0.2, 0) is 4.79 Å². The van der Waals surface area contributed by atoms with Crippen molar-refractivity contribution in [3.8, 4) is 0 Å². The molecule has 2 fully saturated rings. The molecule has 3 nitrogen and oxygen atoms in total. The van der Waals surface area contributed by atoms with Crippen molar-refractivity contribution in [2.24, 2.45) is 17.1 Å². The molecule has 2 aliphatic rings. The van der Waals surface area contributed by atoms with Crippen molar-refractivity contribution in [2.45, 2.75) is 77.0 Å². The number of rotatable bonds is 6. The van der Waals surface area contributed by atoms with Gasteiger partial charge in [-0.15, -0.1) is 0 Å². The molecule has 0 spiro atoms. The smallest absolute Gasteiger partial charge is 0.233 e. The molecule has 0 aromatic heterocycles. The molecule has 0 unspecified atom stereocenters. The number of hydrogen-bond acceptors (Lipinski definition) is 2. The van der Waals surface area contributed by atoms with Crippen molar-refractivity contribution in [2.75, 3.05) is 6.54 Å². The largest absolute Gasteiger partial charge is 0.392 e. The fourth-order valence-electron chi connectivity index (χ4n) is 3.98. The first-order valence-electron chi connectivity index (χ1n) is 8.73. The second-order valence-corrected chi connectivity index (χ2v) is 7.35. The van der Waals surface area contributed by atoms with Gasteiger partial charge in [0.25, 0.3) is 0 Å². The Balaban J connectivity index is 1.79. The van der Waals surface area contributed by atoms with E-state index in [1.54, 1.807) is 0 Å². The van der Waals surface area contributed by atoms with Crippen molar-refractivity contribution in [1.29, 1.82) is 0 Å². The Morgan fingerprint density at radius 2 is 1.71 bits per heavy atom. The molecule has 0 saturated heterocycles. The molecule has 0 aromatic rings. The lowest BCUT2D eigenvalue weighted by atomic mass is 9.79. The highest BCUT2D eigenvalue weighted by Gasteiger charge is 2.41. The lowest BCUT2D eigenvalue weighted by Crippen LogP contribution is -2.49. The maximum absolute atomic E-state index is 12.6. The monoisotopic (exact) mass is 310 g/mol. The predicted molar refractivity (Wildman–Crippen MR) is 91.1 cm³/mol. The van der Waals surface area contributed by atoms with E-state index in [4.69, 9.17) is 18.0 Å². The summed E-state index contributed by atoms with van der Waals surface area (Å²) in [5, 5.41) is 3.12. The minimum atomic E-state index is -0.570. The molecule has 3 N–H and O–H groups in total. The van der Waals surface area contributed by atoms with Crippen molar-refractivity contribution in [1.82, 2.24) is 5.32 Å². The summed E-state index contributed by atoms with van der Waals surface area (Å²) >= 11 is 5.25. The summed E-state index contributed by atoms with van der Waals surface area (Å²) in [7, 11) is 0. The summed E-state index contributed by atoms with van der Waals surface area (Å²) in [6.07, 6.45) is 14.1. The molecule has 21 heavy (non-hydrogen) atoms. The van der Waals surface area contributed by atoms with Gasteiger partial charge in [-0.2, -0.15) is 0 Å². The molecule has 2 rings (SSSR count). The predicted octanol–water partition coefficient (Wildman–Crippen LogP) is 3.70. The molecule has 0 aliphatic heterocycles. The van der Waals surface area contributed by atoms with Gasteiger partial charge in [0.2, 0.25) is 5.91 Å². The molecule has 2 aliphatic carbocycles. The van der Waals surface area contributed by atoms with Crippen LogP contribution in [0.2, 0.25) is 0 Å². The highest BCUT2D eigenvalue weighted by Crippen LogP contribution is 2.36. The molecule has 120 valence electrons. The third-order valence-corrected chi connectivity index (χ3v) is 5.80. The van der Waals surface area contributed by atoms with Gasteiger partial charge >= 0.3 is 0 Å². The van der Waals surface area contributed by atoms with Crippen LogP contribution in [0.4, 0.5) is 0 Å². The topological polar surface area (TPSA) is 55.1 Å². The third kappa shape index (κ3) is 4.41. The SMILES string of the molecule is NC(=S)C1(C(=O)NCCCC2CCCC2)CCCCCC1. The first-order valence-corrected chi connectivity index (χ1v) is 9.14. The molecule has 0 heterocycles. The zero-order chi connectivity index (χ0) is 15.1. The van der Waals surface area contributed by atoms with Crippen molar-refractivity contribution in [3.63, 3.8) is 0 Å². The second kappa shape index (κ2) is 8.11. The van der Waals surface area contributed by atoms with E-state index < -0.39 is 5.41 Å². The quantitative estimate of drug-likeness (QED) is 0.447. The van der Waals surface area contributed by atoms with Gasteiger partial charge in [0.1, 0.15) is 0 Å². The van der Waals surface area contributed by atoms with Crippen LogP contribution in [0.5, 0.6) is 0 Å². The molecule has 0 atom stereocenters. The van der Waals surface area contributed by atoms with Crippen LogP contribution in [0.25, 0.3) is 0 Å². The van der Waals surface area contributed by atoms with Crippen LogP contribution in [-0.4, -0.2) is 17.4 Å². The van der Waals surface area contributed by atoms with Gasteiger partial charge in [0.15, 0.2) is 0 Å². The average molecular weight is 311 g/mol. The van der Waals surface area contributed by atoms with Crippen LogP contribution in [0.15, 0.2) is 0 Å². The van der Waals surface area contributed by atoms with E-state index in [0.29, 0.717) is 4.99 Å². The Morgan fingerprint density at radius 3 is 2.29 bits per heavy atom. The zero-order valence-electron chi connectivity index (χ0n) is 13.2. The van der Waals surface area contributed by atoms with Crippen LogP contribution < -0.4 is 11.1 Å². The average Bonchev–Trinajstić information content (AvgIpc) is 2.85. The van der Waals surface area contributed by atoms with Gasteiger partial charge in [0.05, 0.1) is 10.4 Å². The van der Waals surface area contributed by atoms with Gasteiger partial charge in [-0.25, -0.2) is 0 Å². The highest BCUT2D eigenvalue weighted by atomic mass is 32.1. The van der Waals surface area contributed by atoms with Crippen molar-refractivity contribution >= 4 is 23.1 Å². The summed E-state index contributed by atoms with van der Waals surface area (Å²) in [5.41, 5.74) is 5.38. The third-order valence-electron chi connectivity index (χ3n) is 5.41. The Hall–Kier alpha value is -0.640. The molecular weight excluding hydrogens is 280 g/mol. The Morgan fingerprint density at radius 1 is 1.10 bits per heavy atom. The molecule has 0 radical (unpaired) electrons. The number of amides is 1. The maximum Gasteiger partial charge on any atom is 0.233 e. The standard InChI is InChI=1S/C17H30N2OS/c18-15(21)17(11-5-1-2-6-12-17)16(20)19-13-7-10-14-8-3-4-9-14/h14H,1-13H2,(H2,18,21)(H,19,20). The Bertz CT molecular complexity index is 356. The molecule has 0 bridgehead atoms. The van der Waals surface area contributed by atoms with Crippen LogP contribution in [0.3, 0.4) is 0 Å². The van der Waals surface area contributed by atoms with E-state index in [9.17, 15) is 4.79 Å². The van der Waals surface area contributed by atoms with Gasteiger partial charge in [-0.3, -0.25) is 4.79 Å². The van der Waals surface area contributed by atoms with E-state index >= 15 is 0 Å². The number of thiocarbonyl (C=S) groups is 1. The molecule has 1 amide bonds. The number of carbonyl (C=O) groups excluding carboxylic acids is 1. The maximum atomic E-state index is 12.6. The summed E-state index contributed by atoms with van der Waals surface area (Å²) in [6.45, 7) is 0.777.